The van der Waals surface area contributed by atoms with E-state index >= 15 is 0 Å². The van der Waals surface area contributed by atoms with Crippen LogP contribution >= 0.6 is 34.5 Å². The van der Waals surface area contributed by atoms with Gasteiger partial charge < -0.3 is 10.3 Å². The highest BCUT2D eigenvalue weighted by molar-refractivity contribution is 7.09. The van der Waals surface area contributed by atoms with Crippen LogP contribution in [0, 0.1) is 0 Å². The van der Waals surface area contributed by atoms with Crippen molar-refractivity contribution in [3.8, 4) is 0 Å². The fourth-order valence-corrected chi connectivity index (χ4v) is 2.73. The summed E-state index contributed by atoms with van der Waals surface area (Å²) in [5.74, 6) is 0.633. The normalized spacial score (nSPS) is 10.3. The smallest absolute Gasteiger partial charge is 0.205 e. The maximum Gasteiger partial charge on any atom is 0.205 e. The SMILES string of the molecule is C.Clc1cscc1Nc1nc2c(Cl)cccc2[nH]1. The number of nitrogens with zero attached hydrogens (tertiary/aromatic N) is 1. The number of fused-ring (bicyclic) bond motifs is 1. The number of thiophene rings is 1. The number of aromatic nitrogens is 2. The largest absolute Gasteiger partial charge is 0.324 e. The van der Waals surface area contributed by atoms with Gasteiger partial charge in [0.1, 0.15) is 5.52 Å². The van der Waals surface area contributed by atoms with Crippen molar-refractivity contribution >= 4 is 57.2 Å². The molecular weight excluding hydrogens is 289 g/mol. The summed E-state index contributed by atoms with van der Waals surface area (Å²) in [5.41, 5.74) is 2.49. The highest BCUT2D eigenvalue weighted by Crippen LogP contribution is 2.29. The average Bonchev–Trinajstić information content (AvgIpc) is 2.87. The van der Waals surface area contributed by atoms with Crippen LogP contribution in [-0.2, 0) is 0 Å². The van der Waals surface area contributed by atoms with Crippen molar-refractivity contribution in [1.82, 2.24) is 9.97 Å². The number of imidazole rings is 1. The number of halogens is 2. The molecule has 6 heteroatoms. The van der Waals surface area contributed by atoms with Gasteiger partial charge in [0.25, 0.3) is 0 Å². The zero-order valence-electron chi connectivity index (χ0n) is 8.50. The molecule has 0 amide bonds. The Labute approximate surface area is 119 Å². The van der Waals surface area contributed by atoms with Gasteiger partial charge in [-0.2, -0.15) is 0 Å². The van der Waals surface area contributed by atoms with E-state index in [1.54, 1.807) is 0 Å². The van der Waals surface area contributed by atoms with Crippen molar-refractivity contribution in [2.45, 2.75) is 7.43 Å². The Morgan fingerprint density at radius 2 is 2.00 bits per heavy atom. The molecule has 0 aliphatic rings. The molecule has 0 bridgehead atoms. The van der Waals surface area contributed by atoms with Crippen LogP contribution in [0.15, 0.2) is 29.0 Å². The van der Waals surface area contributed by atoms with Gasteiger partial charge in [0, 0.05) is 10.8 Å². The molecule has 0 saturated carbocycles. The molecule has 2 aromatic heterocycles. The first-order valence-electron chi connectivity index (χ1n) is 4.87. The molecule has 0 atom stereocenters. The molecule has 0 aliphatic carbocycles. The number of hydrogen-bond donors (Lipinski definition) is 2. The van der Waals surface area contributed by atoms with Crippen LogP contribution in [0.1, 0.15) is 7.43 Å². The Bertz CT molecular complexity index is 675. The Hall–Kier alpha value is -1.23. The van der Waals surface area contributed by atoms with Crippen molar-refractivity contribution in [3.05, 3.63) is 39.0 Å². The number of H-pyrrole nitrogens is 1. The molecule has 0 radical (unpaired) electrons. The van der Waals surface area contributed by atoms with Gasteiger partial charge >= 0.3 is 0 Å². The molecule has 0 unspecified atom stereocenters. The van der Waals surface area contributed by atoms with E-state index in [0.29, 0.717) is 16.0 Å². The van der Waals surface area contributed by atoms with E-state index < -0.39 is 0 Å². The second-order valence-corrected chi connectivity index (χ2v) is 5.04. The minimum absolute atomic E-state index is 0. The lowest BCUT2D eigenvalue weighted by Gasteiger charge is -1.98. The molecule has 0 fully saturated rings. The van der Waals surface area contributed by atoms with E-state index in [1.807, 2.05) is 29.0 Å². The molecule has 2 heterocycles. The zero-order chi connectivity index (χ0) is 11.8. The summed E-state index contributed by atoms with van der Waals surface area (Å²) >= 11 is 13.6. The summed E-state index contributed by atoms with van der Waals surface area (Å²) < 4.78 is 0. The highest BCUT2D eigenvalue weighted by Gasteiger charge is 2.07. The molecule has 3 nitrogen and oxygen atoms in total. The minimum Gasteiger partial charge on any atom is -0.324 e. The first kappa shape index (κ1) is 13.2. The lowest BCUT2D eigenvalue weighted by Crippen LogP contribution is -1.90. The standard InChI is InChI=1S/C11H7Cl2N3S.CH4/c12-6-2-1-3-8-10(6)16-11(14-8)15-9-5-17-4-7(9)13;/h1-5H,(H2,14,15,16);1H4. The van der Waals surface area contributed by atoms with Gasteiger partial charge in [0.15, 0.2) is 0 Å². The summed E-state index contributed by atoms with van der Waals surface area (Å²) in [6, 6.07) is 5.62. The average molecular weight is 300 g/mol. The third-order valence-corrected chi connectivity index (χ3v) is 3.82. The molecule has 3 aromatic rings. The topological polar surface area (TPSA) is 40.7 Å². The van der Waals surface area contributed by atoms with E-state index in [2.05, 4.69) is 15.3 Å². The van der Waals surface area contributed by atoms with Gasteiger partial charge in [-0.1, -0.05) is 36.7 Å². The molecule has 18 heavy (non-hydrogen) atoms. The summed E-state index contributed by atoms with van der Waals surface area (Å²) in [6.07, 6.45) is 0. The number of aromatic amines is 1. The molecule has 2 N–H and O–H groups in total. The molecular formula is C12H11Cl2N3S. The summed E-state index contributed by atoms with van der Waals surface area (Å²) in [5, 5.41) is 8.22. The first-order chi connectivity index (χ1) is 8.24. The Balaban J connectivity index is 0.00000120. The van der Waals surface area contributed by atoms with E-state index in [4.69, 9.17) is 23.2 Å². The zero-order valence-corrected chi connectivity index (χ0v) is 10.8. The van der Waals surface area contributed by atoms with Gasteiger partial charge in [0.05, 0.1) is 21.2 Å². The predicted octanol–water partition coefficient (Wildman–Crippen LogP) is 5.31. The lowest BCUT2D eigenvalue weighted by molar-refractivity contribution is 1.32. The Morgan fingerprint density at radius 3 is 2.67 bits per heavy atom. The number of benzene rings is 1. The van der Waals surface area contributed by atoms with Crippen molar-refractivity contribution in [2.24, 2.45) is 0 Å². The highest BCUT2D eigenvalue weighted by atomic mass is 35.5. The van der Waals surface area contributed by atoms with Crippen LogP contribution in [0.4, 0.5) is 11.6 Å². The van der Waals surface area contributed by atoms with Crippen LogP contribution in [0.2, 0.25) is 10.0 Å². The van der Waals surface area contributed by atoms with Gasteiger partial charge in [0.2, 0.25) is 5.95 Å². The predicted molar refractivity (Wildman–Crippen MR) is 80.4 cm³/mol. The Kier molecular flexibility index (Phi) is 3.80. The molecule has 1 aromatic carbocycles. The van der Waals surface area contributed by atoms with Gasteiger partial charge in [-0.05, 0) is 12.1 Å². The molecule has 0 aliphatic heterocycles. The minimum atomic E-state index is 0. The van der Waals surface area contributed by atoms with Crippen LogP contribution in [0.25, 0.3) is 11.0 Å². The van der Waals surface area contributed by atoms with E-state index in [0.717, 1.165) is 16.7 Å². The van der Waals surface area contributed by atoms with Gasteiger partial charge in [-0.3, -0.25) is 0 Å². The molecule has 3 rings (SSSR count). The lowest BCUT2D eigenvalue weighted by atomic mass is 10.3. The molecule has 0 spiro atoms. The van der Waals surface area contributed by atoms with Crippen molar-refractivity contribution < 1.29 is 0 Å². The summed E-state index contributed by atoms with van der Waals surface area (Å²) in [7, 11) is 0. The van der Waals surface area contributed by atoms with Crippen LogP contribution < -0.4 is 5.32 Å². The van der Waals surface area contributed by atoms with Crippen LogP contribution in [-0.4, -0.2) is 9.97 Å². The van der Waals surface area contributed by atoms with Crippen molar-refractivity contribution in [3.63, 3.8) is 0 Å². The quantitative estimate of drug-likeness (QED) is 0.673. The maximum absolute atomic E-state index is 6.05. The van der Waals surface area contributed by atoms with Crippen LogP contribution in [0.5, 0.6) is 0 Å². The number of nitrogens with one attached hydrogen (secondary N) is 2. The summed E-state index contributed by atoms with van der Waals surface area (Å²) in [4.78, 5) is 7.52. The number of anilines is 2. The van der Waals surface area contributed by atoms with Gasteiger partial charge in [-0.15, -0.1) is 11.3 Å². The first-order valence-corrected chi connectivity index (χ1v) is 6.57. The van der Waals surface area contributed by atoms with E-state index in [-0.39, 0.29) is 7.43 Å². The number of hydrogen-bond acceptors (Lipinski definition) is 3. The Morgan fingerprint density at radius 1 is 1.17 bits per heavy atom. The maximum atomic E-state index is 6.05. The van der Waals surface area contributed by atoms with Crippen molar-refractivity contribution in [1.29, 1.82) is 0 Å². The number of para-hydroxylation sites is 1. The third kappa shape index (κ3) is 2.32. The molecule has 94 valence electrons. The van der Waals surface area contributed by atoms with E-state index in [9.17, 15) is 0 Å². The van der Waals surface area contributed by atoms with E-state index in [1.165, 1.54) is 11.3 Å². The van der Waals surface area contributed by atoms with Crippen molar-refractivity contribution in [2.75, 3.05) is 5.32 Å². The van der Waals surface area contributed by atoms with Gasteiger partial charge in [-0.25, -0.2) is 4.98 Å². The second-order valence-electron chi connectivity index (χ2n) is 3.48. The summed E-state index contributed by atoms with van der Waals surface area (Å²) in [6.45, 7) is 0. The molecule has 0 saturated heterocycles. The third-order valence-electron chi connectivity index (χ3n) is 2.33. The second kappa shape index (κ2) is 5.18. The fraction of sp³-hybridized carbons (Fsp3) is 0.0833. The fourth-order valence-electron chi connectivity index (χ4n) is 1.55. The monoisotopic (exact) mass is 299 g/mol. The van der Waals surface area contributed by atoms with Crippen LogP contribution in [0.3, 0.4) is 0 Å². The number of rotatable bonds is 2.